The summed E-state index contributed by atoms with van der Waals surface area (Å²) in [5.74, 6) is 1.64. The molecule has 0 bridgehead atoms. The highest BCUT2D eigenvalue weighted by Gasteiger charge is 2.33. The average Bonchev–Trinajstić information content (AvgIpc) is 2.77. The van der Waals surface area contributed by atoms with Crippen LogP contribution in [0.3, 0.4) is 0 Å². The summed E-state index contributed by atoms with van der Waals surface area (Å²) in [6.45, 7) is 5.86. The van der Waals surface area contributed by atoms with Gasteiger partial charge in [0.15, 0.2) is 0 Å². The SMILES string of the molecule is CCOCC(=O)N(C)CC1CC1C. The highest BCUT2D eigenvalue weighted by molar-refractivity contribution is 5.77. The van der Waals surface area contributed by atoms with E-state index < -0.39 is 0 Å². The minimum atomic E-state index is 0.0981. The van der Waals surface area contributed by atoms with Crippen LogP contribution in [-0.4, -0.2) is 37.6 Å². The van der Waals surface area contributed by atoms with Gasteiger partial charge in [-0.25, -0.2) is 0 Å². The Bertz CT molecular complexity index is 182. The molecule has 76 valence electrons. The first-order chi connectivity index (χ1) is 6.15. The maximum atomic E-state index is 11.4. The van der Waals surface area contributed by atoms with E-state index in [1.807, 2.05) is 14.0 Å². The lowest BCUT2D eigenvalue weighted by Crippen LogP contribution is -2.32. The molecule has 2 atom stereocenters. The molecule has 13 heavy (non-hydrogen) atoms. The van der Waals surface area contributed by atoms with E-state index in [9.17, 15) is 4.79 Å². The molecule has 0 spiro atoms. The molecule has 0 aromatic carbocycles. The Morgan fingerprint density at radius 3 is 2.69 bits per heavy atom. The van der Waals surface area contributed by atoms with E-state index in [0.29, 0.717) is 6.61 Å². The van der Waals surface area contributed by atoms with Gasteiger partial charge in [0, 0.05) is 20.2 Å². The van der Waals surface area contributed by atoms with E-state index in [1.54, 1.807) is 4.90 Å². The number of carbonyl (C=O) groups is 1. The molecule has 2 unspecified atom stereocenters. The van der Waals surface area contributed by atoms with Gasteiger partial charge in [-0.3, -0.25) is 4.79 Å². The second-order valence-electron chi connectivity index (χ2n) is 3.88. The molecule has 0 aliphatic heterocycles. The van der Waals surface area contributed by atoms with Gasteiger partial charge in [0.2, 0.25) is 5.91 Å². The number of hydrogen-bond acceptors (Lipinski definition) is 2. The van der Waals surface area contributed by atoms with Crippen LogP contribution in [0.25, 0.3) is 0 Å². The molecular formula is C10H19NO2. The molecule has 1 fully saturated rings. The van der Waals surface area contributed by atoms with Crippen LogP contribution in [-0.2, 0) is 9.53 Å². The molecule has 1 saturated carbocycles. The van der Waals surface area contributed by atoms with Gasteiger partial charge in [0.1, 0.15) is 6.61 Å². The zero-order valence-corrected chi connectivity index (χ0v) is 8.75. The second-order valence-corrected chi connectivity index (χ2v) is 3.88. The van der Waals surface area contributed by atoms with Gasteiger partial charge >= 0.3 is 0 Å². The number of hydrogen-bond donors (Lipinski definition) is 0. The first-order valence-electron chi connectivity index (χ1n) is 4.96. The van der Waals surface area contributed by atoms with Gasteiger partial charge in [-0.1, -0.05) is 6.92 Å². The summed E-state index contributed by atoms with van der Waals surface area (Å²) >= 11 is 0. The van der Waals surface area contributed by atoms with Crippen molar-refractivity contribution < 1.29 is 9.53 Å². The standard InChI is InChI=1S/C10H19NO2/c1-4-13-7-10(12)11(3)6-9-5-8(9)2/h8-9H,4-7H2,1-3H3. The Labute approximate surface area is 80.1 Å². The van der Waals surface area contributed by atoms with Crippen molar-refractivity contribution in [2.24, 2.45) is 11.8 Å². The van der Waals surface area contributed by atoms with Gasteiger partial charge in [-0.05, 0) is 25.2 Å². The van der Waals surface area contributed by atoms with E-state index in [-0.39, 0.29) is 12.5 Å². The predicted octanol–water partition coefficient (Wildman–Crippen LogP) is 1.14. The summed E-state index contributed by atoms with van der Waals surface area (Å²) < 4.78 is 5.05. The molecule has 1 aliphatic carbocycles. The minimum absolute atomic E-state index is 0.0981. The van der Waals surface area contributed by atoms with Crippen molar-refractivity contribution >= 4 is 5.91 Å². The van der Waals surface area contributed by atoms with E-state index in [2.05, 4.69) is 6.92 Å². The van der Waals surface area contributed by atoms with Crippen LogP contribution in [0.4, 0.5) is 0 Å². The Kier molecular flexibility index (Phi) is 3.72. The summed E-state index contributed by atoms with van der Waals surface area (Å²) in [5, 5.41) is 0. The zero-order valence-electron chi connectivity index (χ0n) is 8.75. The van der Waals surface area contributed by atoms with Crippen molar-refractivity contribution in [2.75, 3.05) is 26.8 Å². The van der Waals surface area contributed by atoms with Crippen LogP contribution in [0, 0.1) is 11.8 Å². The number of amides is 1. The molecule has 0 saturated heterocycles. The molecule has 0 heterocycles. The maximum absolute atomic E-state index is 11.4. The van der Waals surface area contributed by atoms with Crippen molar-refractivity contribution in [3.05, 3.63) is 0 Å². The molecule has 1 amide bonds. The summed E-state index contributed by atoms with van der Waals surface area (Å²) in [6.07, 6.45) is 1.27. The van der Waals surface area contributed by atoms with Crippen LogP contribution in [0.5, 0.6) is 0 Å². The third kappa shape index (κ3) is 3.35. The number of likely N-dealkylation sites (N-methyl/N-ethyl adjacent to an activating group) is 1. The minimum Gasteiger partial charge on any atom is -0.372 e. The topological polar surface area (TPSA) is 29.5 Å². The van der Waals surface area contributed by atoms with E-state index in [4.69, 9.17) is 4.74 Å². The summed E-state index contributed by atoms with van der Waals surface area (Å²) in [7, 11) is 1.85. The number of rotatable bonds is 5. The van der Waals surface area contributed by atoms with Crippen molar-refractivity contribution in [3.8, 4) is 0 Å². The predicted molar refractivity (Wildman–Crippen MR) is 51.4 cm³/mol. The Morgan fingerprint density at radius 1 is 1.62 bits per heavy atom. The average molecular weight is 185 g/mol. The molecule has 3 heteroatoms. The van der Waals surface area contributed by atoms with Crippen LogP contribution < -0.4 is 0 Å². The van der Waals surface area contributed by atoms with Crippen molar-refractivity contribution in [2.45, 2.75) is 20.3 Å². The molecule has 0 radical (unpaired) electrons. The van der Waals surface area contributed by atoms with Crippen LogP contribution >= 0.6 is 0 Å². The summed E-state index contributed by atoms with van der Waals surface area (Å²) in [6, 6.07) is 0. The molecule has 3 nitrogen and oxygen atoms in total. The monoisotopic (exact) mass is 185 g/mol. The fourth-order valence-corrected chi connectivity index (χ4v) is 1.41. The molecule has 1 rings (SSSR count). The van der Waals surface area contributed by atoms with Crippen molar-refractivity contribution in [1.82, 2.24) is 4.90 Å². The molecule has 0 aromatic heterocycles. The fraction of sp³-hybridized carbons (Fsp3) is 0.900. The smallest absolute Gasteiger partial charge is 0.248 e. The molecule has 0 aromatic rings. The third-order valence-electron chi connectivity index (χ3n) is 2.64. The van der Waals surface area contributed by atoms with Gasteiger partial charge < -0.3 is 9.64 Å². The van der Waals surface area contributed by atoms with Crippen LogP contribution in [0.1, 0.15) is 20.3 Å². The highest BCUT2D eigenvalue weighted by atomic mass is 16.5. The van der Waals surface area contributed by atoms with Crippen molar-refractivity contribution in [1.29, 1.82) is 0 Å². The lowest BCUT2D eigenvalue weighted by Gasteiger charge is -2.16. The van der Waals surface area contributed by atoms with Gasteiger partial charge in [0.05, 0.1) is 0 Å². The number of ether oxygens (including phenoxy) is 1. The quantitative estimate of drug-likeness (QED) is 0.642. The van der Waals surface area contributed by atoms with E-state index in [1.165, 1.54) is 6.42 Å². The van der Waals surface area contributed by atoms with Gasteiger partial charge in [-0.15, -0.1) is 0 Å². The Morgan fingerprint density at radius 2 is 2.23 bits per heavy atom. The summed E-state index contributed by atoms with van der Waals surface area (Å²) in [4.78, 5) is 13.2. The van der Waals surface area contributed by atoms with Crippen molar-refractivity contribution in [3.63, 3.8) is 0 Å². The fourth-order valence-electron chi connectivity index (χ4n) is 1.41. The largest absolute Gasteiger partial charge is 0.372 e. The van der Waals surface area contributed by atoms with E-state index >= 15 is 0 Å². The summed E-state index contributed by atoms with van der Waals surface area (Å²) in [5.41, 5.74) is 0. The number of nitrogens with zero attached hydrogens (tertiary/aromatic N) is 1. The van der Waals surface area contributed by atoms with E-state index in [0.717, 1.165) is 18.4 Å². The third-order valence-corrected chi connectivity index (χ3v) is 2.64. The molecule has 1 aliphatic rings. The second kappa shape index (κ2) is 4.61. The first-order valence-corrected chi connectivity index (χ1v) is 4.96. The Hall–Kier alpha value is -0.570. The van der Waals surface area contributed by atoms with Crippen LogP contribution in [0.15, 0.2) is 0 Å². The van der Waals surface area contributed by atoms with Crippen LogP contribution in [0.2, 0.25) is 0 Å². The lowest BCUT2D eigenvalue weighted by atomic mass is 10.3. The maximum Gasteiger partial charge on any atom is 0.248 e. The molecule has 0 N–H and O–H groups in total. The van der Waals surface area contributed by atoms with Gasteiger partial charge in [0.25, 0.3) is 0 Å². The number of carbonyl (C=O) groups excluding carboxylic acids is 1. The highest BCUT2D eigenvalue weighted by Crippen LogP contribution is 2.37. The zero-order chi connectivity index (χ0) is 9.84. The lowest BCUT2D eigenvalue weighted by molar-refractivity contribution is -0.134. The van der Waals surface area contributed by atoms with Gasteiger partial charge in [-0.2, -0.15) is 0 Å². The Balaban J connectivity index is 2.14. The first kappa shape index (κ1) is 10.5. The normalized spacial score (nSPS) is 25.8. The molecular weight excluding hydrogens is 166 g/mol.